The molecule has 2 heterocycles. The largest absolute Gasteiger partial charge is 0.358 e. The fraction of sp³-hybridized carbons (Fsp3) is 0.455. The standard InChI is InChI=1S/C11H15N3O/c1-8-4-6-12-10(7-8)14-9-3-2-5-13-11(9)15/h4,6-7,9H,2-3,5H2,1H3,(H,12,14)(H,13,15). The quantitative estimate of drug-likeness (QED) is 0.759. The summed E-state index contributed by atoms with van der Waals surface area (Å²) in [5.74, 6) is 0.849. The van der Waals surface area contributed by atoms with Crippen molar-refractivity contribution in [1.82, 2.24) is 10.3 Å². The molecule has 1 aliphatic rings. The van der Waals surface area contributed by atoms with Crippen LogP contribution in [0.25, 0.3) is 0 Å². The summed E-state index contributed by atoms with van der Waals surface area (Å²) in [7, 11) is 0. The zero-order chi connectivity index (χ0) is 10.7. The average molecular weight is 205 g/mol. The molecule has 80 valence electrons. The number of hydrogen-bond donors (Lipinski definition) is 2. The van der Waals surface area contributed by atoms with Gasteiger partial charge in [0.1, 0.15) is 11.9 Å². The van der Waals surface area contributed by atoms with E-state index in [4.69, 9.17) is 0 Å². The van der Waals surface area contributed by atoms with Crippen molar-refractivity contribution in [3.05, 3.63) is 23.9 Å². The van der Waals surface area contributed by atoms with E-state index in [9.17, 15) is 4.79 Å². The molecule has 0 spiro atoms. The molecule has 1 saturated heterocycles. The van der Waals surface area contributed by atoms with Gasteiger partial charge in [-0.3, -0.25) is 4.79 Å². The van der Waals surface area contributed by atoms with Crippen LogP contribution in [-0.2, 0) is 4.79 Å². The highest BCUT2D eigenvalue weighted by molar-refractivity contribution is 5.84. The number of piperidine rings is 1. The Morgan fingerprint density at radius 3 is 3.20 bits per heavy atom. The van der Waals surface area contributed by atoms with Crippen molar-refractivity contribution < 1.29 is 4.79 Å². The number of nitrogens with zero attached hydrogens (tertiary/aromatic N) is 1. The summed E-state index contributed by atoms with van der Waals surface area (Å²) in [4.78, 5) is 15.7. The second-order valence-electron chi connectivity index (χ2n) is 3.85. The van der Waals surface area contributed by atoms with E-state index in [0.717, 1.165) is 30.8 Å². The smallest absolute Gasteiger partial charge is 0.242 e. The number of hydrogen-bond acceptors (Lipinski definition) is 3. The van der Waals surface area contributed by atoms with Gasteiger partial charge in [-0.25, -0.2) is 4.98 Å². The van der Waals surface area contributed by atoms with Crippen molar-refractivity contribution in [3.8, 4) is 0 Å². The predicted octanol–water partition coefficient (Wildman–Crippen LogP) is 1.08. The van der Waals surface area contributed by atoms with Gasteiger partial charge in [-0.05, 0) is 37.5 Å². The Bertz CT molecular complexity index is 365. The fourth-order valence-electron chi connectivity index (χ4n) is 1.70. The molecule has 2 N–H and O–H groups in total. The number of aromatic nitrogens is 1. The molecule has 1 unspecified atom stereocenters. The molecule has 1 aliphatic heterocycles. The number of rotatable bonds is 2. The average Bonchev–Trinajstić information content (AvgIpc) is 2.22. The van der Waals surface area contributed by atoms with E-state index in [1.165, 1.54) is 0 Å². The molecule has 1 atom stereocenters. The molecule has 15 heavy (non-hydrogen) atoms. The van der Waals surface area contributed by atoms with E-state index in [2.05, 4.69) is 15.6 Å². The van der Waals surface area contributed by atoms with E-state index >= 15 is 0 Å². The van der Waals surface area contributed by atoms with Gasteiger partial charge in [-0.2, -0.15) is 0 Å². The highest BCUT2D eigenvalue weighted by atomic mass is 16.2. The first-order chi connectivity index (χ1) is 7.25. The molecule has 1 amide bonds. The Hall–Kier alpha value is -1.58. The second kappa shape index (κ2) is 4.29. The maximum Gasteiger partial charge on any atom is 0.242 e. The Labute approximate surface area is 89.1 Å². The summed E-state index contributed by atoms with van der Waals surface area (Å²) >= 11 is 0. The van der Waals surface area contributed by atoms with Crippen molar-refractivity contribution in [2.24, 2.45) is 0 Å². The number of amides is 1. The first-order valence-electron chi connectivity index (χ1n) is 5.22. The van der Waals surface area contributed by atoms with Gasteiger partial charge in [0.05, 0.1) is 0 Å². The molecule has 0 bridgehead atoms. The monoisotopic (exact) mass is 205 g/mol. The van der Waals surface area contributed by atoms with Crippen molar-refractivity contribution >= 4 is 11.7 Å². The molecule has 1 aromatic heterocycles. The fourth-order valence-corrected chi connectivity index (χ4v) is 1.70. The Morgan fingerprint density at radius 1 is 1.60 bits per heavy atom. The van der Waals surface area contributed by atoms with Gasteiger partial charge in [0.15, 0.2) is 0 Å². The van der Waals surface area contributed by atoms with Crippen molar-refractivity contribution in [3.63, 3.8) is 0 Å². The zero-order valence-corrected chi connectivity index (χ0v) is 8.79. The maximum atomic E-state index is 11.5. The minimum atomic E-state index is -0.131. The third kappa shape index (κ3) is 2.46. The van der Waals surface area contributed by atoms with Crippen LogP contribution in [0.2, 0.25) is 0 Å². The van der Waals surface area contributed by atoms with Gasteiger partial charge in [-0.1, -0.05) is 0 Å². The molecule has 0 aliphatic carbocycles. The third-order valence-electron chi connectivity index (χ3n) is 2.52. The van der Waals surface area contributed by atoms with Crippen LogP contribution in [0, 0.1) is 6.92 Å². The molecule has 4 nitrogen and oxygen atoms in total. The number of carbonyl (C=O) groups excluding carboxylic acids is 1. The summed E-state index contributed by atoms with van der Waals surface area (Å²) in [6, 6.07) is 3.75. The van der Waals surface area contributed by atoms with E-state index in [1.807, 2.05) is 19.1 Å². The number of aryl methyl sites for hydroxylation is 1. The Balaban J connectivity index is 2.04. The van der Waals surface area contributed by atoms with E-state index in [-0.39, 0.29) is 11.9 Å². The highest BCUT2D eigenvalue weighted by Crippen LogP contribution is 2.11. The molecular formula is C11H15N3O. The second-order valence-corrected chi connectivity index (χ2v) is 3.85. The van der Waals surface area contributed by atoms with E-state index < -0.39 is 0 Å². The predicted molar refractivity (Wildman–Crippen MR) is 58.6 cm³/mol. The van der Waals surface area contributed by atoms with Crippen LogP contribution in [-0.4, -0.2) is 23.5 Å². The summed E-state index contributed by atoms with van der Waals surface area (Å²) in [5.41, 5.74) is 1.14. The molecule has 2 rings (SSSR count). The van der Waals surface area contributed by atoms with Gasteiger partial charge in [0.2, 0.25) is 5.91 Å². The van der Waals surface area contributed by atoms with Gasteiger partial charge in [-0.15, -0.1) is 0 Å². The third-order valence-corrected chi connectivity index (χ3v) is 2.52. The number of anilines is 1. The molecule has 0 saturated carbocycles. The minimum absolute atomic E-state index is 0.0737. The van der Waals surface area contributed by atoms with Crippen LogP contribution < -0.4 is 10.6 Å². The van der Waals surface area contributed by atoms with Gasteiger partial charge < -0.3 is 10.6 Å². The SMILES string of the molecule is Cc1ccnc(NC2CCCNC2=O)c1. The Morgan fingerprint density at radius 2 is 2.47 bits per heavy atom. The van der Waals surface area contributed by atoms with E-state index in [0.29, 0.717) is 0 Å². The van der Waals surface area contributed by atoms with Crippen LogP contribution in [0.1, 0.15) is 18.4 Å². The summed E-state index contributed by atoms with van der Waals surface area (Å²) in [5, 5.41) is 5.99. The first kappa shape index (κ1) is 9.96. The molecule has 1 aromatic rings. The van der Waals surface area contributed by atoms with Crippen molar-refractivity contribution in [2.75, 3.05) is 11.9 Å². The molecular weight excluding hydrogens is 190 g/mol. The van der Waals surface area contributed by atoms with Crippen LogP contribution in [0.15, 0.2) is 18.3 Å². The highest BCUT2D eigenvalue weighted by Gasteiger charge is 2.21. The van der Waals surface area contributed by atoms with Gasteiger partial charge >= 0.3 is 0 Å². The van der Waals surface area contributed by atoms with Crippen LogP contribution in [0.3, 0.4) is 0 Å². The number of nitrogens with one attached hydrogen (secondary N) is 2. The first-order valence-corrected chi connectivity index (χ1v) is 5.22. The summed E-state index contributed by atoms with van der Waals surface area (Å²) in [6.45, 7) is 2.80. The van der Waals surface area contributed by atoms with Crippen LogP contribution in [0.4, 0.5) is 5.82 Å². The molecule has 1 fully saturated rings. The van der Waals surface area contributed by atoms with Crippen molar-refractivity contribution in [1.29, 1.82) is 0 Å². The van der Waals surface area contributed by atoms with Crippen LogP contribution >= 0.6 is 0 Å². The lowest BCUT2D eigenvalue weighted by atomic mass is 10.1. The summed E-state index contributed by atoms with van der Waals surface area (Å²) in [6.07, 6.45) is 3.65. The molecule has 0 aromatic carbocycles. The van der Waals surface area contributed by atoms with Crippen LogP contribution in [0.5, 0.6) is 0 Å². The molecule has 4 heteroatoms. The molecule has 0 radical (unpaired) electrons. The van der Waals surface area contributed by atoms with Gasteiger partial charge in [0.25, 0.3) is 0 Å². The van der Waals surface area contributed by atoms with Crippen molar-refractivity contribution in [2.45, 2.75) is 25.8 Å². The Kier molecular flexibility index (Phi) is 2.85. The normalized spacial score (nSPS) is 20.9. The number of carbonyl (C=O) groups is 1. The minimum Gasteiger partial charge on any atom is -0.358 e. The lowest BCUT2D eigenvalue weighted by molar-refractivity contribution is -0.123. The lowest BCUT2D eigenvalue weighted by Gasteiger charge is -2.23. The lowest BCUT2D eigenvalue weighted by Crippen LogP contribution is -2.44. The topological polar surface area (TPSA) is 54.0 Å². The van der Waals surface area contributed by atoms with E-state index in [1.54, 1.807) is 6.20 Å². The maximum absolute atomic E-state index is 11.5. The van der Waals surface area contributed by atoms with Gasteiger partial charge in [0, 0.05) is 12.7 Å². The number of pyridine rings is 1. The summed E-state index contributed by atoms with van der Waals surface area (Å²) < 4.78 is 0. The zero-order valence-electron chi connectivity index (χ0n) is 8.79.